The summed E-state index contributed by atoms with van der Waals surface area (Å²) in [5.41, 5.74) is 0.396. The topological polar surface area (TPSA) is 76.5 Å². The number of nitrogens with zero attached hydrogens (tertiary/aromatic N) is 1. The van der Waals surface area contributed by atoms with Gasteiger partial charge in [0.1, 0.15) is 5.60 Å². The van der Waals surface area contributed by atoms with Crippen molar-refractivity contribution >= 4 is 41.0 Å². The van der Waals surface area contributed by atoms with Gasteiger partial charge in [0.25, 0.3) is 0 Å². The highest BCUT2D eigenvalue weighted by atomic mass is 32.3. The van der Waals surface area contributed by atoms with Crippen molar-refractivity contribution in [3.8, 4) is 0 Å². The molecule has 2 heterocycles. The van der Waals surface area contributed by atoms with E-state index in [0.717, 1.165) is 23.5 Å². The maximum Gasteiger partial charge on any atom is 0.341 e. The molecule has 1 aromatic rings. The Kier molecular flexibility index (Phi) is 4.63. The smallest absolute Gasteiger partial charge is 0.341 e. The molecular weight excluding hydrogens is 310 g/mol. The van der Waals surface area contributed by atoms with Crippen molar-refractivity contribution in [3.63, 3.8) is 0 Å². The van der Waals surface area contributed by atoms with E-state index in [-0.39, 0.29) is 0 Å². The molecule has 0 atom stereocenters. The van der Waals surface area contributed by atoms with Crippen molar-refractivity contribution in [2.45, 2.75) is 31.0 Å². The molecule has 1 aliphatic heterocycles. The molecule has 2 rings (SSSR count). The monoisotopic (exact) mass is 325 g/mol. The summed E-state index contributed by atoms with van der Waals surface area (Å²) >= 11 is 2.31. The largest absolute Gasteiger partial charge is 0.480 e. The van der Waals surface area contributed by atoms with Crippen molar-refractivity contribution in [2.75, 3.05) is 0 Å². The quantitative estimate of drug-likeness (QED) is 0.676. The highest BCUT2D eigenvalue weighted by molar-refractivity contribution is 8.39. The molecule has 21 heavy (non-hydrogen) atoms. The third-order valence-electron chi connectivity index (χ3n) is 2.39. The molecule has 1 fully saturated rings. The second-order valence-corrected chi connectivity index (χ2v) is 8.10. The summed E-state index contributed by atoms with van der Waals surface area (Å²) in [6, 6.07) is 3.48. The zero-order valence-electron chi connectivity index (χ0n) is 11.8. The van der Waals surface area contributed by atoms with Crippen molar-refractivity contribution in [1.82, 2.24) is 4.98 Å². The van der Waals surface area contributed by atoms with Gasteiger partial charge in [0, 0.05) is 18.0 Å². The lowest BCUT2D eigenvalue weighted by Crippen LogP contribution is -2.26. The minimum Gasteiger partial charge on any atom is -0.480 e. The molecule has 1 aliphatic rings. The van der Waals surface area contributed by atoms with E-state index in [1.807, 2.05) is 0 Å². The third-order valence-corrected chi connectivity index (χ3v) is 5.21. The van der Waals surface area contributed by atoms with Crippen LogP contribution in [0, 0.1) is 0 Å². The van der Waals surface area contributed by atoms with Gasteiger partial charge in [-0.2, -0.15) is 0 Å². The van der Waals surface area contributed by atoms with Crippen LogP contribution in [0.5, 0.6) is 0 Å². The molecule has 0 radical (unpaired) electrons. The normalized spacial score (nSPS) is 17.9. The number of rotatable bonds is 3. The SMILES string of the molecule is CC(C)(C)OC(=O)C(=C1SC(C(=O)O)S1)c1cccnc1. The number of carboxylic acids is 1. The van der Waals surface area contributed by atoms with Crippen LogP contribution in [0.2, 0.25) is 0 Å². The average molecular weight is 325 g/mol. The summed E-state index contributed by atoms with van der Waals surface area (Å²) in [4.78, 5) is 27.3. The van der Waals surface area contributed by atoms with Gasteiger partial charge in [-0.05, 0) is 26.8 Å². The summed E-state index contributed by atoms with van der Waals surface area (Å²) < 4.78 is 5.49. The van der Waals surface area contributed by atoms with Gasteiger partial charge in [0.15, 0.2) is 4.58 Å². The first-order valence-corrected chi connectivity index (χ1v) is 7.98. The molecule has 0 amide bonds. The molecular formula is C14H15NO4S2. The lowest BCUT2D eigenvalue weighted by atomic mass is 10.1. The lowest BCUT2D eigenvalue weighted by Gasteiger charge is -2.28. The number of hydrogen-bond acceptors (Lipinski definition) is 6. The fraction of sp³-hybridized carbons (Fsp3) is 0.357. The van der Waals surface area contributed by atoms with Gasteiger partial charge < -0.3 is 9.84 Å². The van der Waals surface area contributed by atoms with Crippen molar-refractivity contribution in [3.05, 3.63) is 34.3 Å². The third kappa shape index (κ3) is 4.01. The van der Waals surface area contributed by atoms with E-state index < -0.39 is 22.1 Å². The van der Waals surface area contributed by atoms with Crippen molar-refractivity contribution < 1.29 is 19.4 Å². The molecule has 0 aliphatic carbocycles. The molecule has 0 unspecified atom stereocenters. The second kappa shape index (κ2) is 6.11. The van der Waals surface area contributed by atoms with Crippen molar-refractivity contribution in [2.24, 2.45) is 0 Å². The van der Waals surface area contributed by atoms with Gasteiger partial charge >= 0.3 is 11.9 Å². The Labute approximate surface area is 131 Å². The van der Waals surface area contributed by atoms with Crippen molar-refractivity contribution in [1.29, 1.82) is 0 Å². The van der Waals surface area contributed by atoms with Crippen LogP contribution in [0.4, 0.5) is 0 Å². The van der Waals surface area contributed by atoms with Gasteiger partial charge in [-0.1, -0.05) is 29.6 Å². The first-order valence-electron chi connectivity index (χ1n) is 6.22. The Morgan fingerprint density at radius 1 is 1.33 bits per heavy atom. The number of thioether (sulfide) groups is 2. The van der Waals surface area contributed by atoms with Crippen LogP contribution in [-0.2, 0) is 14.3 Å². The molecule has 1 N–H and O–H groups in total. The molecule has 7 heteroatoms. The number of carbonyl (C=O) groups is 2. The highest BCUT2D eigenvalue weighted by Gasteiger charge is 2.37. The number of ether oxygens (including phenoxy) is 1. The van der Waals surface area contributed by atoms with E-state index in [4.69, 9.17) is 9.84 Å². The minimum atomic E-state index is -0.900. The number of aliphatic carboxylic acids is 1. The Balaban J connectivity index is 2.31. The molecule has 112 valence electrons. The molecule has 0 aromatic carbocycles. The van der Waals surface area contributed by atoms with Crippen LogP contribution in [0.3, 0.4) is 0 Å². The number of pyridine rings is 1. The van der Waals surface area contributed by atoms with E-state index in [0.29, 0.717) is 15.4 Å². The average Bonchev–Trinajstić information content (AvgIpc) is 2.31. The minimum absolute atomic E-state index is 0.380. The van der Waals surface area contributed by atoms with Crippen LogP contribution in [0.1, 0.15) is 26.3 Å². The Morgan fingerprint density at radius 3 is 2.48 bits per heavy atom. The number of aromatic nitrogens is 1. The summed E-state index contributed by atoms with van der Waals surface area (Å²) in [5.74, 6) is -1.36. The summed E-state index contributed by atoms with van der Waals surface area (Å²) in [5, 5.41) is 8.94. The zero-order chi connectivity index (χ0) is 15.6. The number of carboxylic acid groups (broad SMARTS) is 1. The Bertz CT molecular complexity index is 585. The maximum atomic E-state index is 12.4. The maximum absolute atomic E-state index is 12.4. The van der Waals surface area contributed by atoms with Gasteiger partial charge in [-0.15, -0.1) is 0 Å². The van der Waals surface area contributed by atoms with E-state index in [9.17, 15) is 9.59 Å². The summed E-state index contributed by atoms with van der Waals surface area (Å²) in [6.45, 7) is 5.37. The molecule has 1 aromatic heterocycles. The summed E-state index contributed by atoms with van der Waals surface area (Å²) in [7, 11) is 0. The van der Waals surface area contributed by atoms with Crippen LogP contribution < -0.4 is 0 Å². The van der Waals surface area contributed by atoms with E-state index in [1.54, 1.807) is 45.3 Å². The fourth-order valence-corrected chi connectivity index (χ4v) is 3.69. The zero-order valence-corrected chi connectivity index (χ0v) is 13.5. The van der Waals surface area contributed by atoms with Crippen LogP contribution in [0.15, 0.2) is 28.8 Å². The van der Waals surface area contributed by atoms with Crippen LogP contribution >= 0.6 is 23.5 Å². The predicted molar refractivity (Wildman–Crippen MR) is 83.6 cm³/mol. The van der Waals surface area contributed by atoms with Crippen LogP contribution in [0.25, 0.3) is 5.57 Å². The highest BCUT2D eigenvalue weighted by Crippen LogP contribution is 2.54. The van der Waals surface area contributed by atoms with Gasteiger partial charge in [-0.25, -0.2) is 4.79 Å². The first-order chi connectivity index (χ1) is 9.78. The molecule has 5 nitrogen and oxygen atoms in total. The molecule has 1 saturated heterocycles. The predicted octanol–water partition coefficient (Wildman–Crippen LogP) is 2.98. The van der Waals surface area contributed by atoms with E-state index in [1.165, 1.54) is 0 Å². The van der Waals surface area contributed by atoms with Gasteiger partial charge in [-0.3, -0.25) is 9.78 Å². The Morgan fingerprint density at radius 2 is 2.00 bits per heavy atom. The van der Waals surface area contributed by atoms with Gasteiger partial charge in [0.05, 0.1) is 9.81 Å². The fourth-order valence-electron chi connectivity index (χ4n) is 1.58. The number of hydrogen-bond donors (Lipinski definition) is 1. The van der Waals surface area contributed by atoms with E-state index in [2.05, 4.69) is 4.98 Å². The number of carbonyl (C=O) groups excluding carboxylic acids is 1. The molecule has 0 bridgehead atoms. The van der Waals surface area contributed by atoms with E-state index >= 15 is 0 Å². The van der Waals surface area contributed by atoms with Crippen LogP contribution in [-0.4, -0.2) is 32.2 Å². The first kappa shape index (κ1) is 15.9. The Hall–Kier alpha value is -1.47. The lowest BCUT2D eigenvalue weighted by molar-refractivity contribution is -0.147. The number of esters is 1. The summed E-state index contributed by atoms with van der Waals surface area (Å²) in [6.07, 6.45) is 3.18. The molecule has 0 spiro atoms. The molecule has 0 saturated carbocycles. The second-order valence-electron chi connectivity index (χ2n) is 5.31. The standard InChI is InChI=1S/C14H15NO4S2/c1-14(2,3)19-11(18)9(8-5-4-6-15-7-8)12-20-13(21-12)10(16)17/h4-7,13H,1-3H3,(H,16,17). The van der Waals surface area contributed by atoms with Gasteiger partial charge in [0.2, 0.25) is 0 Å².